The standard InChI is InChI=1S/C23H26N4O3S2/c1-17(2)14-20-22(28)27(32(3,29)26(20)15-18-10-6-4-7-11-18)16-31-23-25-24-21(30-23)19-12-8-5-9-13-19/h4-13,17,20H,3,14-16H2,1-2H3. The molecule has 1 fully saturated rings. The van der Waals surface area contributed by atoms with E-state index in [4.69, 9.17) is 4.42 Å². The lowest BCUT2D eigenvalue weighted by Gasteiger charge is -2.25. The average Bonchev–Trinajstić information content (AvgIpc) is 3.31. The molecule has 0 N–H and O–H groups in total. The van der Waals surface area contributed by atoms with E-state index in [9.17, 15) is 9.00 Å². The Morgan fingerprint density at radius 2 is 1.75 bits per heavy atom. The number of rotatable bonds is 8. The summed E-state index contributed by atoms with van der Waals surface area (Å²) >= 11 is 1.19. The van der Waals surface area contributed by atoms with Crippen molar-refractivity contribution in [3.63, 3.8) is 0 Å². The summed E-state index contributed by atoms with van der Waals surface area (Å²) in [7, 11) is -2.98. The molecule has 32 heavy (non-hydrogen) atoms. The highest BCUT2D eigenvalue weighted by Gasteiger charge is 2.46. The summed E-state index contributed by atoms with van der Waals surface area (Å²) < 4.78 is 22.6. The van der Waals surface area contributed by atoms with E-state index < -0.39 is 15.9 Å². The Balaban J connectivity index is 1.53. The first-order valence-electron chi connectivity index (χ1n) is 10.4. The maximum absolute atomic E-state index is 13.7. The van der Waals surface area contributed by atoms with Crippen LogP contribution in [-0.2, 0) is 21.2 Å². The molecule has 9 heteroatoms. The quantitative estimate of drug-likeness (QED) is 0.364. The predicted octanol–water partition coefficient (Wildman–Crippen LogP) is 4.09. The molecule has 1 aliphatic heterocycles. The molecule has 0 radical (unpaired) electrons. The van der Waals surface area contributed by atoms with E-state index in [1.54, 1.807) is 4.31 Å². The first-order valence-corrected chi connectivity index (χ1v) is 13.0. The van der Waals surface area contributed by atoms with Crippen molar-refractivity contribution in [3.05, 3.63) is 66.2 Å². The molecule has 1 saturated heterocycles. The summed E-state index contributed by atoms with van der Waals surface area (Å²) in [6.45, 7) is 4.51. The first kappa shape index (κ1) is 22.6. The van der Waals surface area contributed by atoms with Gasteiger partial charge in [-0.15, -0.1) is 10.2 Å². The van der Waals surface area contributed by atoms with Crippen LogP contribution in [0.4, 0.5) is 0 Å². The highest BCUT2D eigenvalue weighted by atomic mass is 32.2. The summed E-state index contributed by atoms with van der Waals surface area (Å²) in [6, 6.07) is 18.7. The number of amides is 1. The third-order valence-corrected chi connectivity index (χ3v) is 8.27. The second-order valence-corrected chi connectivity index (χ2v) is 11.1. The van der Waals surface area contributed by atoms with Gasteiger partial charge in [0.1, 0.15) is 15.9 Å². The molecule has 0 bridgehead atoms. The van der Waals surface area contributed by atoms with E-state index in [-0.39, 0.29) is 17.7 Å². The van der Waals surface area contributed by atoms with Crippen LogP contribution in [-0.4, -0.2) is 46.7 Å². The van der Waals surface area contributed by atoms with E-state index in [0.717, 1.165) is 11.1 Å². The molecule has 7 nitrogen and oxygen atoms in total. The molecule has 1 amide bonds. The van der Waals surface area contributed by atoms with Gasteiger partial charge in [0.2, 0.25) is 5.89 Å². The van der Waals surface area contributed by atoms with E-state index in [2.05, 4.69) is 29.9 Å². The molecule has 168 valence electrons. The second kappa shape index (κ2) is 9.48. The molecule has 2 unspecified atom stereocenters. The number of carbonyl (C=O) groups is 1. The third kappa shape index (κ3) is 4.74. The summed E-state index contributed by atoms with van der Waals surface area (Å²) in [6.07, 6.45) is 0.609. The summed E-state index contributed by atoms with van der Waals surface area (Å²) in [4.78, 5) is 13.3. The maximum atomic E-state index is 13.7. The van der Waals surface area contributed by atoms with Gasteiger partial charge in [-0.2, -0.15) is 4.31 Å². The molecule has 2 atom stereocenters. The predicted molar refractivity (Wildman–Crippen MR) is 128 cm³/mol. The molecule has 4 rings (SSSR count). The molecule has 2 heterocycles. The Hall–Kier alpha value is -2.62. The highest BCUT2D eigenvalue weighted by Crippen LogP contribution is 2.33. The van der Waals surface area contributed by atoms with Gasteiger partial charge in [0.15, 0.2) is 0 Å². The molecule has 0 spiro atoms. The molecule has 3 aromatic rings. The Kier molecular flexibility index (Phi) is 6.68. The van der Waals surface area contributed by atoms with Crippen LogP contribution in [0.5, 0.6) is 0 Å². The fraction of sp³-hybridized carbons (Fsp3) is 0.304. The Morgan fingerprint density at radius 3 is 2.41 bits per heavy atom. The fourth-order valence-corrected chi connectivity index (χ4v) is 6.61. The van der Waals surface area contributed by atoms with Gasteiger partial charge in [-0.05, 0) is 47.7 Å². The van der Waals surface area contributed by atoms with Crippen molar-refractivity contribution in [1.29, 1.82) is 0 Å². The van der Waals surface area contributed by atoms with Gasteiger partial charge < -0.3 is 4.42 Å². The minimum absolute atomic E-state index is 0.122. The van der Waals surface area contributed by atoms with Crippen LogP contribution in [0.25, 0.3) is 11.5 Å². The third-order valence-electron chi connectivity index (χ3n) is 5.20. The van der Waals surface area contributed by atoms with Crippen molar-refractivity contribution in [1.82, 2.24) is 18.8 Å². The molecule has 0 saturated carbocycles. The van der Waals surface area contributed by atoms with Crippen LogP contribution in [0.2, 0.25) is 0 Å². The monoisotopic (exact) mass is 470 g/mol. The van der Waals surface area contributed by atoms with Crippen LogP contribution in [0, 0.1) is 5.92 Å². The SMILES string of the molecule is C=S1(=O)N(CSc2nnc(-c3ccccc3)o2)C(=O)C(CC(C)C)N1Cc1ccccc1. The van der Waals surface area contributed by atoms with Gasteiger partial charge in [0.25, 0.3) is 11.1 Å². The van der Waals surface area contributed by atoms with Gasteiger partial charge >= 0.3 is 0 Å². The fourth-order valence-electron chi connectivity index (χ4n) is 3.62. The number of hydrogen-bond acceptors (Lipinski definition) is 6. The minimum atomic E-state index is -2.98. The number of benzene rings is 2. The van der Waals surface area contributed by atoms with Crippen molar-refractivity contribution in [2.24, 2.45) is 5.92 Å². The zero-order valence-electron chi connectivity index (χ0n) is 18.1. The molecule has 1 aromatic heterocycles. The summed E-state index contributed by atoms with van der Waals surface area (Å²) in [5.41, 5.74) is 1.81. The lowest BCUT2D eigenvalue weighted by atomic mass is 10.0. The van der Waals surface area contributed by atoms with Crippen LogP contribution >= 0.6 is 11.8 Å². The van der Waals surface area contributed by atoms with Crippen molar-refractivity contribution < 1.29 is 13.4 Å². The highest BCUT2D eigenvalue weighted by molar-refractivity contribution is 8.01. The lowest BCUT2D eigenvalue weighted by molar-refractivity contribution is -0.127. The first-order chi connectivity index (χ1) is 15.4. The normalized spacial score (nSPS) is 21.5. The summed E-state index contributed by atoms with van der Waals surface area (Å²) in [5.74, 6) is 4.60. The minimum Gasteiger partial charge on any atom is -0.411 e. The molecule has 2 aromatic carbocycles. The Labute approximate surface area is 193 Å². The van der Waals surface area contributed by atoms with Gasteiger partial charge in [0.05, 0.1) is 5.88 Å². The van der Waals surface area contributed by atoms with E-state index in [1.165, 1.54) is 16.1 Å². The molecule has 0 aliphatic carbocycles. The smallest absolute Gasteiger partial charge is 0.278 e. The number of carbonyl (C=O) groups excluding carboxylic acids is 1. The van der Waals surface area contributed by atoms with E-state index in [1.807, 2.05) is 60.7 Å². The van der Waals surface area contributed by atoms with E-state index >= 15 is 0 Å². The Morgan fingerprint density at radius 1 is 1.09 bits per heavy atom. The maximum Gasteiger partial charge on any atom is 0.278 e. The summed E-state index contributed by atoms with van der Waals surface area (Å²) in [5, 5.41) is 8.45. The topological polar surface area (TPSA) is 79.5 Å². The van der Waals surface area contributed by atoms with Crippen molar-refractivity contribution in [2.75, 3.05) is 5.88 Å². The largest absolute Gasteiger partial charge is 0.411 e. The zero-order chi connectivity index (χ0) is 22.7. The van der Waals surface area contributed by atoms with Crippen molar-refractivity contribution in [3.8, 4) is 11.5 Å². The van der Waals surface area contributed by atoms with Crippen LogP contribution in [0.1, 0.15) is 25.8 Å². The number of hydrogen-bond donors (Lipinski definition) is 0. The molecule has 1 aliphatic rings. The van der Waals surface area contributed by atoms with Crippen LogP contribution in [0.3, 0.4) is 0 Å². The zero-order valence-corrected chi connectivity index (χ0v) is 19.7. The second-order valence-electron chi connectivity index (χ2n) is 8.04. The Bertz CT molecular complexity index is 1160. The van der Waals surface area contributed by atoms with E-state index in [0.29, 0.717) is 24.1 Å². The molecular formula is C23H26N4O3S2. The van der Waals surface area contributed by atoms with Crippen molar-refractivity contribution >= 4 is 33.4 Å². The number of thioether (sulfide) groups is 1. The number of nitrogens with zero attached hydrogens (tertiary/aromatic N) is 4. The molecular weight excluding hydrogens is 444 g/mol. The van der Waals surface area contributed by atoms with Gasteiger partial charge in [-0.1, -0.05) is 62.4 Å². The van der Waals surface area contributed by atoms with Gasteiger partial charge in [-0.3, -0.25) is 4.79 Å². The van der Waals surface area contributed by atoms with Crippen molar-refractivity contribution in [2.45, 2.75) is 38.1 Å². The van der Waals surface area contributed by atoms with Crippen LogP contribution in [0.15, 0.2) is 70.3 Å². The average molecular weight is 471 g/mol. The van der Waals surface area contributed by atoms with Crippen LogP contribution < -0.4 is 0 Å². The van der Waals surface area contributed by atoms with Gasteiger partial charge in [-0.25, -0.2) is 8.51 Å². The number of aromatic nitrogens is 2. The lowest BCUT2D eigenvalue weighted by Crippen LogP contribution is -2.36. The van der Waals surface area contributed by atoms with Gasteiger partial charge in [0, 0.05) is 12.1 Å².